The molecule has 0 unspecified atom stereocenters. The molecule has 114 valence electrons. The van der Waals surface area contributed by atoms with E-state index in [4.69, 9.17) is 0 Å². The SMILES string of the molecule is CC(C)Nc1nnc(SCn2nnc3ccccc3c2=O)s1. The molecule has 0 aliphatic carbocycles. The summed E-state index contributed by atoms with van der Waals surface area (Å²) in [5.41, 5.74) is 0.455. The summed E-state index contributed by atoms with van der Waals surface area (Å²) in [6.45, 7) is 4.08. The maximum atomic E-state index is 12.3. The van der Waals surface area contributed by atoms with Crippen molar-refractivity contribution in [3.8, 4) is 0 Å². The molecule has 1 N–H and O–H groups in total. The normalized spacial score (nSPS) is 11.2. The number of hydrogen-bond donors (Lipinski definition) is 1. The molecule has 3 aromatic rings. The fourth-order valence-corrected chi connectivity index (χ4v) is 3.55. The van der Waals surface area contributed by atoms with Crippen LogP contribution in [-0.4, -0.2) is 31.2 Å². The number of anilines is 1. The van der Waals surface area contributed by atoms with Gasteiger partial charge in [-0.25, -0.2) is 0 Å². The first-order valence-corrected chi connectivity index (χ1v) is 8.49. The van der Waals surface area contributed by atoms with Gasteiger partial charge in [-0.3, -0.25) is 4.79 Å². The fraction of sp³-hybridized carbons (Fsp3) is 0.308. The third-order valence-corrected chi connectivity index (χ3v) is 4.71. The molecule has 0 bridgehead atoms. The summed E-state index contributed by atoms with van der Waals surface area (Å²) in [4.78, 5) is 12.3. The summed E-state index contributed by atoms with van der Waals surface area (Å²) in [6, 6.07) is 7.48. The van der Waals surface area contributed by atoms with Gasteiger partial charge in [-0.1, -0.05) is 40.4 Å². The van der Waals surface area contributed by atoms with Gasteiger partial charge in [0.25, 0.3) is 5.56 Å². The Morgan fingerprint density at radius 2 is 2.09 bits per heavy atom. The van der Waals surface area contributed by atoms with Crippen LogP contribution in [0.3, 0.4) is 0 Å². The van der Waals surface area contributed by atoms with Crippen molar-refractivity contribution in [2.75, 3.05) is 5.32 Å². The summed E-state index contributed by atoms with van der Waals surface area (Å²) >= 11 is 2.87. The largest absolute Gasteiger partial charge is 0.358 e. The van der Waals surface area contributed by atoms with Crippen LogP contribution in [0, 0.1) is 0 Å². The van der Waals surface area contributed by atoms with E-state index in [1.807, 2.05) is 26.0 Å². The lowest BCUT2D eigenvalue weighted by molar-refractivity contribution is 0.644. The molecule has 7 nitrogen and oxygen atoms in total. The third kappa shape index (κ3) is 3.25. The van der Waals surface area contributed by atoms with E-state index in [1.54, 1.807) is 12.1 Å². The lowest BCUT2D eigenvalue weighted by Crippen LogP contribution is -2.23. The van der Waals surface area contributed by atoms with E-state index in [2.05, 4.69) is 25.8 Å². The Morgan fingerprint density at radius 1 is 1.27 bits per heavy atom. The number of thioether (sulfide) groups is 1. The van der Waals surface area contributed by atoms with Gasteiger partial charge in [0.2, 0.25) is 5.13 Å². The zero-order valence-corrected chi connectivity index (χ0v) is 13.7. The van der Waals surface area contributed by atoms with Crippen LogP contribution in [-0.2, 0) is 5.88 Å². The minimum Gasteiger partial charge on any atom is -0.358 e. The molecule has 3 rings (SSSR count). The molecule has 2 aromatic heterocycles. The molecule has 0 amide bonds. The Kier molecular flexibility index (Phi) is 4.34. The van der Waals surface area contributed by atoms with Gasteiger partial charge >= 0.3 is 0 Å². The summed E-state index contributed by atoms with van der Waals surface area (Å²) in [7, 11) is 0. The van der Waals surface area contributed by atoms with Gasteiger partial charge < -0.3 is 5.32 Å². The Morgan fingerprint density at radius 3 is 2.91 bits per heavy atom. The van der Waals surface area contributed by atoms with E-state index in [1.165, 1.54) is 27.8 Å². The van der Waals surface area contributed by atoms with Crippen LogP contribution in [0.15, 0.2) is 33.4 Å². The summed E-state index contributed by atoms with van der Waals surface area (Å²) in [6.07, 6.45) is 0. The Hall–Kier alpha value is -2.00. The Labute approximate surface area is 134 Å². The Balaban J connectivity index is 1.75. The van der Waals surface area contributed by atoms with Gasteiger partial charge in [-0.05, 0) is 26.0 Å². The minimum absolute atomic E-state index is 0.150. The summed E-state index contributed by atoms with van der Waals surface area (Å²) in [5.74, 6) is 0.354. The van der Waals surface area contributed by atoms with Crippen molar-refractivity contribution in [3.63, 3.8) is 0 Å². The standard InChI is InChI=1S/C13H14N6OS2/c1-8(2)14-12-16-17-13(22-12)21-7-19-11(20)9-5-3-4-6-10(9)15-18-19/h3-6,8H,7H2,1-2H3,(H,14,16). The predicted octanol–water partition coefficient (Wildman–Crippen LogP) is 2.21. The molecule has 1 aromatic carbocycles. The van der Waals surface area contributed by atoms with Gasteiger partial charge in [-0.2, -0.15) is 4.68 Å². The second-order valence-electron chi connectivity index (χ2n) is 4.86. The maximum Gasteiger partial charge on any atom is 0.278 e. The van der Waals surface area contributed by atoms with E-state index in [0.29, 0.717) is 22.8 Å². The van der Waals surface area contributed by atoms with Crippen LogP contribution in [0.25, 0.3) is 10.9 Å². The average Bonchev–Trinajstić information content (AvgIpc) is 2.93. The monoisotopic (exact) mass is 334 g/mol. The minimum atomic E-state index is -0.150. The summed E-state index contributed by atoms with van der Waals surface area (Å²) in [5, 5.41) is 20.7. The molecule has 2 heterocycles. The van der Waals surface area contributed by atoms with E-state index >= 15 is 0 Å². The van der Waals surface area contributed by atoms with Crippen LogP contribution in [0.5, 0.6) is 0 Å². The van der Waals surface area contributed by atoms with Gasteiger partial charge in [-0.15, -0.1) is 15.3 Å². The number of benzene rings is 1. The first-order valence-electron chi connectivity index (χ1n) is 6.69. The van der Waals surface area contributed by atoms with Crippen molar-refractivity contribution in [1.82, 2.24) is 25.2 Å². The van der Waals surface area contributed by atoms with Crippen molar-refractivity contribution in [3.05, 3.63) is 34.6 Å². The number of aromatic nitrogens is 5. The van der Waals surface area contributed by atoms with Crippen LogP contribution < -0.4 is 10.9 Å². The van der Waals surface area contributed by atoms with Gasteiger partial charge in [0.15, 0.2) is 4.34 Å². The fourth-order valence-electron chi connectivity index (χ4n) is 1.80. The average molecular weight is 334 g/mol. The van der Waals surface area contributed by atoms with Crippen LogP contribution in [0.4, 0.5) is 5.13 Å². The Bertz CT molecular complexity index is 844. The zero-order valence-electron chi connectivity index (χ0n) is 12.1. The second kappa shape index (κ2) is 6.41. The first kappa shape index (κ1) is 14.9. The molecule has 0 aliphatic heterocycles. The molecule has 9 heteroatoms. The summed E-state index contributed by atoms with van der Waals surface area (Å²) < 4.78 is 2.12. The highest BCUT2D eigenvalue weighted by Crippen LogP contribution is 2.26. The van der Waals surface area contributed by atoms with E-state index in [9.17, 15) is 4.79 Å². The molecule has 0 aliphatic rings. The highest BCUT2D eigenvalue weighted by Gasteiger charge is 2.09. The van der Waals surface area contributed by atoms with E-state index < -0.39 is 0 Å². The molecular weight excluding hydrogens is 320 g/mol. The number of nitrogens with zero attached hydrogens (tertiary/aromatic N) is 5. The lowest BCUT2D eigenvalue weighted by Gasteiger charge is -2.03. The van der Waals surface area contributed by atoms with Gasteiger partial charge in [0, 0.05) is 6.04 Å². The highest BCUT2D eigenvalue weighted by molar-refractivity contribution is 8.00. The molecule has 0 saturated heterocycles. The number of hydrogen-bond acceptors (Lipinski definition) is 8. The van der Waals surface area contributed by atoms with Gasteiger partial charge in [0.05, 0.1) is 11.3 Å². The molecule has 0 spiro atoms. The molecular formula is C13H14N6OS2. The first-order chi connectivity index (χ1) is 10.6. The van der Waals surface area contributed by atoms with Crippen LogP contribution in [0.1, 0.15) is 13.8 Å². The van der Waals surface area contributed by atoms with Crippen LogP contribution in [0.2, 0.25) is 0 Å². The highest BCUT2D eigenvalue weighted by atomic mass is 32.2. The molecule has 22 heavy (non-hydrogen) atoms. The predicted molar refractivity (Wildman–Crippen MR) is 88.3 cm³/mol. The molecule has 0 atom stereocenters. The smallest absolute Gasteiger partial charge is 0.278 e. The van der Waals surface area contributed by atoms with Crippen molar-refractivity contribution in [2.45, 2.75) is 30.1 Å². The van der Waals surface area contributed by atoms with Gasteiger partial charge in [0.1, 0.15) is 5.52 Å². The number of rotatable bonds is 5. The lowest BCUT2D eigenvalue weighted by atomic mass is 10.2. The second-order valence-corrected chi connectivity index (χ2v) is 7.03. The van der Waals surface area contributed by atoms with Crippen molar-refractivity contribution < 1.29 is 0 Å². The molecule has 0 radical (unpaired) electrons. The maximum absolute atomic E-state index is 12.3. The number of nitrogens with one attached hydrogen (secondary N) is 1. The topological polar surface area (TPSA) is 85.6 Å². The molecule has 0 fully saturated rings. The zero-order chi connectivity index (χ0) is 15.5. The third-order valence-electron chi connectivity index (χ3n) is 2.76. The van der Waals surface area contributed by atoms with Crippen molar-refractivity contribution in [1.29, 1.82) is 0 Å². The number of fused-ring (bicyclic) bond motifs is 1. The van der Waals surface area contributed by atoms with Crippen molar-refractivity contribution >= 4 is 39.1 Å². The quantitative estimate of drug-likeness (QED) is 0.716. The van der Waals surface area contributed by atoms with Crippen molar-refractivity contribution in [2.24, 2.45) is 0 Å². The van der Waals surface area contributed by atoms with Crippen LogP contribution >= 0.6 is 23.1 Å². The molecule has 0 saturated carbocycles. The van der Waals surface area contributed by atoms with E-state index in [0.717, 1.165) is 9.47 Å². The van der Waals surface area contributed by atoms with E-state index in [-0.39, 0.29) is 5.56 Å².